The molecule has 0 aliphatic carbocycles. The third-order valence-electron chi connectivity index (χ3n) is 2.46. The Morgan fingerprint density at radius 1 is 1.37 bits per heavy atom. The van der Waals surface area contributed by atoms with E-state index >= 15 is 0 Å². The van der Waals surface area contributed by atoms with E-state index in [-0.39, 0.29) is 6.03 Å². The van der Waals surface area contributed by atoms with Crippen LogP contribution in [0.15, 0.2) is 30.6 Å². The Hall–Kier alpha value is -2.57. The molecule has 0 unspecified atom stereocenters. The van der Waals surface area contributed by atoms with E-state index in [0.29, 0.717) is 18.7 Å². The number of hydrogen-bond donors (Lipinski definition) is 3. The van der Waals surface area contributed by atoms with E-state index in [1.807, 2.05) is 0 Å². The van der Waals surface area contributed by atoms with Crippen LogP contribution in [0.2, 0.25) is 0 Å². The number of hydrogen-bond acceptors (Lipinski definition) is 4. The van der Waals surface area contributed by atoms with E-state index in [9.17, 15) is 4.79 Å². The summed E-state index contributed by atoms with van der Waals surface area (Å²) in [6, 6.07) is 6.85. The van der Waals surface area contributed by atoms with Gasteiger partial charge in [-0.1, -0.05) is 0 Å². The number of carbonyl (C=O) groups excluding carboxylic acids is 1. The number of rotatable bonds is 5. The van der Waals surface area contributed by atoms with Gasteiger partial charge in [-0.3, -0.25) is 5.10 Å². The zero-order valence-electron chi connectivity index (χ0n) is 10.5. The van der Waals surface area contributed by atoms with Crippen LogP contribution in [0.4, 0.5) is 10.5 Å². The molecular weight excluding hydrogens is 246 g/mol. The van der Waals surface area contributed by atoms with Gasteiger partial charge in [0.25, 0.3) is 0 Å². The molecule has 2 rings (SSSR count). The van der Waals surface area contributed by atoms with Crippen molar-refractivity contribution < 1.29 is 9.53 Å². The third kappa shape index (κ3) is 3.98. The highest BCUT2D eigenvalue weighted by atomic mass is 16.5. The molecule has 0 bridgehead atoms. The van der Waals surface area contributed by atoms with E-state index in [1.165, 1.54) is 6.33 Å². The Kier molecular flexibility index (Phi) is 4.33. The number of amides is 2. The molecule has 0 radical (unpaired) electrons. The Morgan fingerprint density at radius 3 is 2.79 bits per heavy atom. The molecule has 0 atom stereocenters. The van der Waals surface area contributed by atoms with Gasteiger partial charge in [0.2, 0.25) is 0 Å². The van der Waals surface area contributed by atoms with Crippen LogP contribution in [0.1, 0.15) is 5.82 Å². The Labute approximate surface area is 110 Å². The number of aromatic nitrogens is 3. The number of ether oxygens (including phenoxy) is 1. The van der Waals surface area contributed by atoms with Crippen molar-refractivity contribution in [3.8, 4) is 5.75 Å². The van der Waals surface area contributed by atoms with Gasteiger partial charge in [0.15, 0.2) is 0 Å². The zero-order valence-corrected chi connectivity index (χ0v) is 10.5. The zero-order chi connectivity index (χ0) is 13.5. The molecule has 19 heavy (non-hydrogen) atoms. The summed E-state index contributed by atoms with van der Waals surface area (Å²) in [4.78, 5) is 15.6. The third-order valence-corrected chi connectivity index (χ3v) is 2.46. The number of carbonyl (C=O) groups is 1. The number of methoxy groups -OCH3 is 1. The van der Waals surface area contributed by atoms with Crippen molar-refractivity contribution in [2.24, 2.45) is 0 Å². The minimum Gasteiger partial charge on any atom is -0.497 e. The fourth-order valence-corrected chi connectivity index (χ4v) is 1.50. The fourth-order valence-electron chi connectivity index (χ4n) is 1.50. The van der Waals surface area contributed by atoms with E-state index in [0.717, 1.165) is 11.6 Å². The molecule has 0 saturated carbocycles. The maximum atomic E-state index is 11.6. The first-order valence-electron chi connectivity index (χ1n) is 5.81. The monoisotopic (exact) mass is 261 g/mol. The molecule has 0 aliphatic rings. The molecule has 7 nitrogen and oxygen atoms in total. The van der Waals surface area contributed by atoms with Crippen LogP contribution in [0.5, 0.6) is 5.75 Å². The normalized spacial score (nSPS) is 9.95. The van der Waals surface area contributed by atoms with Crippen LogP contribution in [-0.4, -0.2) is 34.9 Å². The predicted molar refractivity (Wildman–Crippen MR) is 70.1 cm³/mol. The highest BCUT2D eigenvalue weighted by Crippen LogP contribution is 2.14. The van der Waals surface area contributed by atoms with E-state index in [2.05, 4.69) is 25.8 Å². The minimum absolute atomic E-state index is 0.260. The average Bonchev–Trinajstić information content (AvgIpc) is 2.93. The number of nitrogens with one attached hydrogen (secondary N) is 3. The summed E-state index contributed by atoms with van der Waals surface area (Å²) in [6.07, 6.45) is 2.04. The van der Waals surface area contributed by atoms with Gasteiger partial charge in [-0.2, -0.15) is 5.10 Å². The maximum Gasteiger partial charge on any atom is 0.319 e. The van der Waals surface area contributed by atoms with Crippen molar-refractivity contribution in [1.82, 2.24) is 20.5 Å². The van der Waals surface area contributed by atoms with Gasteiger partial charge < -0.3 is 15.4 Å². The van der Waals surface area contributed by atoms with Gasteiger partial charge in [-0.15, -0.1) is 0 Å². The van der Waals surface area contributed by atoms with Gasteiger partial charge in [0.1, 0.15) is 17.9 Å². The molecule has 2 amide bonds. The molecule has 1 aromatic heterocycles. The van der Waals surface area contributed by atoms with Gasteiger partial charge in [0.05, 0.1) is 7.11 Å². The molecule has 0 fully saturated rings. The Morgan fingerprint density at radius 2 is 2.16 bits per heavy atom. The maximum absolute atomic E-state index is 11.6. The van der Waals surface area contributed by atoms with E-state index in [4.69, 9.17) is 4.74 Å². The summed E-state index contributed by atoms with van der Waals surface area (Å²) in [5.74, 6) is 1.49. The molecular formula is C12H15N5O2. The summed E-state index contributed by atoms with van der Waals surface area (Å²) in [7, 11) is 1.60. The highest BCUT2D eigenvalue weighted by Gasteiger charge is 2.02. The number of anilines is 1. The van der Waals surface area contributed by atoms with Crippen molar-refractivity contribution in [3.63, 3.8) is 0 Å². The summed E-state index contributed by atoms with van der Waals surface area (Å²) in [6.45, 7) is 0.483. The van der Waals surface area contributed by atoms with Crippen molar-refractivity contribution in [2.75, 3.05) is 19.0 Å². The molecule has 0 saturated heterocycles. The lowest BCUT2D eigenvalue weighted by molar-refractivity contribution is 0.252. The second-order valence-corrected chi connectivity index (χ2v) is 3.79. The summed E-state index contributed by atoms with van der Waals surface area (Å²) < 4.78 is 5.04. The van der Waals surface area contributed by atoms with Crippen LogP contribution in [0, 0.1) is 0 Å². The SMILES string of the molecule is COc1ccc(NC(=O)NCCc2ncn[nH]2)cc1. The first kappa shape index (κ1) is 12.9. The number of nitrogens with zero attached hydrogens (tertiary/aromatic N) is 2. The van der Waals surface area contributed by atoms with Gasteiger partial charge in [0, 0.05) is 18.7 Å². The lowest BCUT2D eigenvalue weighted by Gasteiger charge is -2.07. The molecule has 0 spiro atoms. The predicted octanol–water partition coefficient (Wildman–Crippen LogP) is 1.18. The van der Waals surface area contributed by atoms with Gasteiger partial charge in [-0.05, 0) is 24.3 Å². The second-order valence-electron chi connectivity index (χ2n) is 3.79. The van der Waals surface area contributed by atoms with Crippen molar-refractivity contribution in [2.45, 2.75) is 6.42 Å². The lowest BCUT2D eigenvalue weighted by atomic mass is 10.3. The molecule has 100 valence electrons. The number of H-pyrrole nitrogens is 1. The number of urea groups is 1. The van der Waals surface area contributed by atoms with Gasteiger partial charge in [-0.25, -0.2) is 9.78 Å². The summed E-state index contributed by atoms with van der Waals surface area (Å²) in [5, 5.41) is 11.9. The number of aromatic amines is 1. The van der Waals surface area contributed by atoms with Crippen LogP contribution in [-0.2, 0) is 6.42 Å². The molecule has 2 aromatic rings. The molecule has 0 aliphatic heterocycles. The van der Waals surface area contributed by atoms with E-state index in [1.54, 1.807) is 31.4 Å². The fraction of sp³-hybridized carbons (Fsp3) is 0.250. The van der Waals surface area contributed by atoms with Crippen LogP contribution in [0.25, 0.3) is 0 Å². The first-order chi connectivity index (χ1) is 9.28. The molecule has 1 heterocycles. The lowest BCUT2D eigenvalue weighted by Crippen LogP contribution is -2.30. The first-order valence-corrected chi connectivity index (χ1v) is 5.81. The van der Waals surface area contributed by atoms with Crippen LogP contribution in [0.3, 0.4) is 0 Å². The van der Waals surface area contributed by atoms with E-state index < -0.39 is 0 Å². The minimum atomic E-state index is -0.260. The Bertz CT molecular complexity index is 509. The molecule has 3 N–H and O–H groups in total. The van der Waals surface area contributed by atoms with Crippen molar-refractivity contribution in [3.05, 3.63) is 36.4 Å². The van der Waals surface area contributed by atoms with Crippen LogP contribution >= 0.6 is 0 Å². The van der Waals surface area contributed by atoms with Crippen LogP contribution < -0.4 is 15.4 Å². The summed E-state index contributed by atoms with van der Waals surface area (Å²) >= 11 is 0. The number of benzene rings is 1. The van der Waals surface area contributed by atoms with Crippen molar-refractivity contribution in [1.29, 1.82) is 0 Å². The Balaban J connectivity index is 1.74. The standard InChI is InChI=1S/C12H15N5O2/c1-19-10-4-2-9(3-5-10)16-12(18)13-7-6-11-14-8-15-17-11/h2-5,8H,6-7H2,1H3,(H2,13,16,18)(H,14,15,17). The molecule has 7 heteroatoms. The van der Waals surface area contributed by atoms with Crippen molar-refractivity contribution >= 4 is 11.7 Å². The summed E-state index contributed by atoms with van der Waals surface area (Å²) in [5.41, 5.74) is 0.706. The average molecular weight is 261 g/mol. The highest BCUT2D eigenvalue weighted by molar-refractivity contribution is 5.89. The second kappa shape index (κ2) is 6.39. The van der Waals surface area contributed by atoms with Gasteiger partial charge >= 0.3 is 6.03 Å². The topological polar surface area (TPSA) is 91.9 Å². The largest absolute Gasteiger partial charge is 0.497 e. The molecule has 1 aromatic carbocycles. The smallest absolute Gasteiger partial charge is 0.319 e. The quantitative estimate of drug-likeness (QED) is 0.753.